The van der Waals surface area contributed by atoms with Gasteiger partial charge in [-0.15, -0.1) is 0 Å². The van der Waals surface area contributed by atoms with Crippen molar-refractivity contribution in [2.45, 2.75) is 6.92 Å². The molecule has 0 unspecified atom stereocenters. The van der Waals surface area contributed by atoms with Crippen LogP contribution in [0.2, 0.25) is 0 Å². The Morgan fingerprint density at radius 3 is 2.16 bits per heavy atom. The van der Waals surface area contributed by atoms with Crippen LogP contribution in [0.25, 0.3) is 0 Å². The summed E-state index contributed by atoms with van der Waals surface area (Å²) < 4.78 is 13.1. The molecule has 1 rings (SSSR count). The molecule has 102 valence electrons. The van der Waals surface area contributed by atoms with Gasteiger partial charge in [0.2, 0.25) is 0 Å². The highest BCUT2D eigenvalue weighted by molar-refractivity contribution is 5.98. The Kier molecular flexibility index (Phi) is 4.57. The molecule has 0 aliphatic heterocycles. The monoisotopic (exact) mass is 269 g/mol. The fourth-order valence-corrected chi connectivity index (χ4v) is 1.52. The van der Waals surface area contributed by atoms with E-state index in [-0.39, 0.29) is 5.56 Å². The fourth-order valence-electron chi connectivity index (χ4n) is 1.52. The molecule has 19 heavy (non-hydrogen) atoms. The summed E-state index contributed by atoms with van der Waals surface area (Å²) in [6.07, 6.45) is 0. The van der Waals surface area contributed by atoms with E-state index in [4.69, 9.17) is 10.2 Å². The summed E-state index contributed by atoms with van der Waals surface area (Å²) in [6.45, 7) is 0.0224. The number of carbonyl (C=O) groups excluding carboxylic acids is 1. The van der Waals surface area contributed by atoms with E-state index in [1.165, 1.54) is 6.07 Å². The van der Waals surface area contributed by atoms with Crippen LogP contribution < -0.4 is 0 Å². The minimum absolute atomic E-state index is 0.0532. The summed E-state index contributed by atoms with van der Waals surface area (Å²) >= 11 is 0. The third-order valence-electron chi connectivity index (χ3n) is 2.37. The van der Waals surface area contributed by atoms with Crippen molar-refractivity contribution in [1.82, 2.24) is 4.90 Å². The Morgan fingerprint density at radius 2 is 1.68 bits per heavy atom. The molecule has 6 nitrogen and oxygen atoms in total. The van der Waals surface area contributed by atoms with Crippen LogP contribution in [0.15, 0.2) is 18.2 Å². The number of aliphatic carboxylic acids is 2. The van der Waals surface area contributed by atoms with Crippen LogP contribution in [0, 0.1) is 12.7 Å². The normalized spacial score (nSPS) is 10.0. The molecule has 2 N–H and O–H groups in total. The van der Waals surface area contributed by atoms with E-state index in [9.17, 15) is 18.8 Å². The molecular weight excluding hydrogens is 257 g/mol. The second-order valence-electron chi connectivity index (χ2n) is 3.91. The minimum atomic E-state index is -1.34. The Balaban J connectivity index is 3.07. The first kappa shape index (κ1) is 14.6. The van der Waals surface area contributed by atoms with Crippen LogP contribution in [-0.2, 0) is 9.59 Å². The molecule has 0 atom stereocenters. The highest BCUT2D eigenvalue weighted by Gasteiger charge is 2.22. The molecule has 0 aliphatic rings. The highest BCUT2D eigenvalue weighted by Crippen LogP contribution is 2.13. The summed E-state index contributed by atoms with van der Waals surface area (Å²) in [5, 5.41) is 17.3. The van der Waals surface area contributed by atoms with Gasteiger partial charge in [0.25, 0.3) is 5.91 Å². The van der Waals surface area contributed by atoms with Crippen LogP contribution in [0.5, 0.6) is 0 Å². The van der Waals surface area contributed by atoms with Crippen molar-refractivity contribution < 1.29 is 29.0 Å². The SMILES string of the molecule is Cc1ccc(F)cc1C(=O)N(CC(=O)O)CC(=O)O. The zero-order chi connectivity index (χ0) is 14.6. The molecule has 0 aliphatic carbocycles. The average molecular weight is 269 g/mol. The number of hydrogen-bond acceptors (Lipinski definition) is 3. The molecule has 0 heterocycles. The molecule has 7 heteroatoms. The number of hydrogen-bond donors (Lipinski definition) is 2. The molecule has 1 aromatic rings. The molecule has 0 saturated heterocycles. The number of rotatable bonds is 5. The van der Waals surface area contributed by atoms with Crippen molar-refractivity contribution in [2.75, 3.05) is 13.1 Å². The minimum Gasteiger partial charge on any atom is -0.480 e. The van der Waals surface area contributed by atoms with Gasteiger partial charge in [-0.2, -0.15) is 0 Å². The molecule has 1 amide bonds. The Labute approximate surface area is 108 Å². The first-order valence-electron chi connectivity index (χ1n) is 5.30. The summed E-state index contributed by atoms with van der Waals surface area (Å²) in [5.41, 5.74) is 0.384. The van der Waals surface area contributed by atoms with Gasteiger partial charge in [-0.1, -0.05) is 6.07 Å². The topological polar surface area (TPSA) is 94.9 Å². The van der Waals surface area contributed by atoms with Gasteiger partial charge in [0.05, 0.1) is 0 Å². The van der Waals surface area contributed by atoms with Crippen molar-refractivity contribution in [3.63, 3.8) is 0 Å². The number of nitrogens with zero attached hydrogens (tertiary/aromatic N) is 1. The zero-order valence-corrected chi connectivity index (χ0v) is 10.1. The van der Waals surface area contributed by atoms with Crippen molar-refractivity contribution in [3.05, 3.63) is 35.1 Å². The largest absolute Gasteiger partial charge is 0.480 e. The van der Waals surface area contributed by atoms with Crippen molar-refractivity contribution >= 4 is 17.8 Å². The van der Waals surface area contributed by atoms with Crippen LogP contribution in [0.1, 0.15) is 15.9 Å². The van der Waals surface area contributed by atoms with Crippen molar-refractivity contribution in [2.24, 2.45) is 0 Å². The number of amides is 1. The maximum Gasteiger partial charge on any atom is 0.323 e. The van der Waals surface area contributed by atoms with Gasteiger partial charge in [-0.3, -0.25) is 14.4 Å². The Bertz CT molecular complexity index is 513. The lowest BCUT2D eigenvalue weighted by molar-refractivity contribution is -0.140. The second-order valence-corrected chi connectivity index (χ2v) is 3.91. The van der Waals surface area contributed by atoms with E-state index in [1.54, 1.807) is 6.92 Å². The lowest BCUT2D eigenvalue weighted by atomic mass is 10.1. The quantitative estimate of drug-likeness (QED) is 0.822. The van der Waals surface area contributed by atoms with Gasteiger partial charge in [0.15, 0.2) is 0 Å². The summed E-state index contributed by atoms with van der Waals surface area (Å²) in [7, 11) is 0. The molecule has 1 aromatic carbocycles. The van der Waals surface area contributed by atoms with E-state index >= 15 is 0 Å². The number of carboxylic acids is 2. The molecule has 0 radical (unpaired) electrons. The van der Waals surface area contributed by atoms with Crippen LogP contribution in [0.3, 0.4) is 0 Å². The van der Waals surface area contributed by atoms with E-state index in [0.717, 1.165) is 12.1 Å². The second kappa shape index (κ2) is 5.94. The highest BCUT2D eigenvalue weighted by atomic mass is 19.1. The summed E-state index contributed by atoms with van der Waals surface area (Å²) in [6, 6.07) is 3.47. The van der Waals surface area contributed by atoms with Gasteiger partial charge in [-0.05, 0) is 24.6 Å². The smallest absolute Gasteiger partial charge is 0.323 e. The van der Waals surface area contributed by atoms with Crippen molar-refractivity contribution in [3.8, 4) is 0 Å². The number of halogens is 1. The zero-order valence-electron chi connectivity index (χ0n) is 10.1. The predicted octanol–water partition coefficient (Wildman–Crippen LogP) is 0.746. The van der Waals surface area contributed by atoms with E-state index in [2.05, 4.69) is 0 Å². The standard InChI is InChI=1S/C12H12FNO5/c1-7-2-3-8(13)4-9(7)12(19)14(5-10(15)16)6-11(17)18/h2-4H,5-6H2,1H3,(H,15,16)(H,17,18). The van der Waals surface area contributed by atoms with Crippen LogP contribution in [0.4, 0.5) is 4.39 Å². The third-order valence-corrected chi connectivity index (χ3v) is 2.37. The third kappa shape index (κ3) is 4.06. The van der Waals surface area contributed by atoms with Crippen LogP contribution >= 0.6 is 0 Å². The molecule has 0 bridgehead atoms. The number of benzene rings is 1. The first-order chi connectivity index (χ1) is 8.81. The van der Waals surface area contributed by atoms with Crippen LogP contribution in [-0.4, -0.2) is 46.0 Å². The van der Waals surface area contributed by atoms with E-state index in [1.807, 2.05) is 0 Å². The van der Waals surface area contributed by atoms with Gasteiger partial charge >= 0.3 is 11.9 Å². The maximum absolute atomic E-state index is 13.1. The molecular formula is C12H12FNO5. The lowest BCUT2D eigenvalue weighted by Crippen LogP contribution is -2.39. The van der Waals surface area contributed by atoms with Gasteiger partial charge in [-0.25, -0.2) is 4.39 Å². The summed E-state index contributed by atoms with van der Waals surface area (Å²) in [5.74, 6) is -4.17. The Hall–Kier alpha value is -2.44. The molecule has 0 fully saturated rings. The number of carbonyl (C=O) groups is 3. The van der Waals surface area contributed by atoms with E-state index < -0.39 is 36.8 Å². The van der Waals surface area contributed by atoms with Gasteiger partial charge in [0, 0.05) is 5.56 Å². The summed E-state index contributed by atoms with van der Waals surface area (Å²) in [4.78, 5) is 33.9. The van der Waals surface area contributed by atoms with Crippen molar-refractivity contribution in [1.29, 1.82) is 0 Å². The molecule has 0 saturated carbocycles. The lowest BCUT2D eigenvalue weighted by Gasteiger charge is -2.19. The average Bonchev–Trinajstić information content (AvgIpc) is 2.29. The number of carboxylic acid groups (broad SMARTS) is 2. The predicted molar refractivity (Wildman–Crippen MR) is 62.3 cm³/mol. The Morgan fingerprint density at radius 1 is 1.16 bits per heavy atom. The maximum atomic E-state index is 13.1. The van der Waals surface area contributed by atoms with E-state index in [0.29, 0.717) is 10.5 Å². The first-order valence-corrected chi connectivity index (χ1v) is 5.30. The fraction of sp³-hybridized carbons (Fsp3) is 0.250. The van der Waals surface area contributed by atoms with Gasteiger partial charge < -0.3 is 15.1 Å². The van der Waals surface area contributed by atoms with Gasteiger partial charge in [0.1, 0.15) is 18.9 Å². The molecule has 0 aromatic heterocycles. The number of aryl methyl sites for hydroxylation is 1. The molecule has 0 spiro atoms.